The Labute approximate surface area is 174 Å². The zero-order valence-corrected chi connectivity index (χ0v) is 18.4. The normalized spacial score (nSPS) is 17.1. The molecular weight excluding hydrogens is 362 g/mol. The Morgan fingerprint density at radius 3 is 2.52 bits per heavy atom. The second kappa shape index (κ2) is 9.53. The molecule has 0 aromatic carbocycles. The van der Waals surface area contributed by atoms with Crippen LogP contribution in [0.2, 0.25) is 0 Å². The van der Waals surface area contributed by atoms with Gasteiger partial charge in [0.05, 0.1) is 17.5 Å². The highest BCUT2D eigenvalue weighted by Gasteiger charge is 2.27. The fourth-order valence-electron chi connectivity index (χ4n) is 4.19. The summed E-state index contributed by atoms with van der Waals surface area (Å²) in [6.07, 6.45) is 5.90. The van der Waals surface area contributed by atoms with Crippen LogP contribution >= 0.6 is 0 Å². The van der Waals surface area contributed by atoms with Crippen LogP contribution in [0.15, 0.2) is 30.6 Å². The van der Waals surface area contributed by atoms with Crippen molar-refractivity contribution >= 4 is 5.91 Å². The van der Waals surface area contributed by atoms with Gasteiger partial charge in [0.25, 0.3) is 5.91 Å². The fraction of sp³-hybridized carbons (Fsp3) is 0.609. The first-order valence-electron chi connectivity index (χ1n) is 10.9. The minimum atomic E-state index is -0.0492. The number of piperidine rings is 1. The highest BCUT2D eigenvalue weighted by atomic mass is 16.1. The minimum absolute atomic E-state index is 0.0492. The maximum absolute atomic E-state index is 13.1. The van der Waals surface area contributed by atoms with Crippen LogP contribution in [0.1, 0.15) is 69.4 Å². The molecule has 1 saturated heterocycles. The van der Waals surface area contributed by atoms with Crippen molar-refractivity contribution in [1.29, 1.82) is 0 Å². The van der Waals surface area contributed by atoms with Gasteiger partial charge in [-0.05, 0) is 55.8 Å². The molecule has 0 unspecified atom stereocenters. The second-order valence-electron chi connectivity index (χ2n) is 8.94. The summed E-state index contributed by atoms with van der Waals surface area (Å²) in [4.78, 5) is 20.0. The SMILES string of the molecule is CC1CCN([C@@H](CNC(=O)c2cnn(-c3ccccn3)c2C(C)C)C(C)C)CC1. The summed E-state index contributed by atoms with van der Waals surface area (Å²) in [5, 5.41) is 7.67. The number of amides is 1. The smallest absolute Gasteiger partial charge is 0.254 e. The number of aromatic nitrogens is 3. The van der Waals surface area contributed by atoms with E-state index in [0.29, 0.717) is 24.1 Å². The lowest BCUT2D eigenvalue weighted by Crippen LogP contribution is -2.49. The molecule has 1 N–H and O–H groups in total. The minimum Gasteiger partial charge on any atom is -0.350 e. The van der Waals surface area contributed by atoms with Crippen molar-refractivity contribution < 1.29 is 4.79 Å². The first kappa shape index (κ1) is 21.5. The molecule has 0 spiro atoms. The molecule has 0 radical (unpaired) electrons. The Bertz CT molecular complexity index is 791. The van der Waals surface area contributed by atoms with Gasteiger partial charge in [-0.1, -0.05) is 40.7 Å². The molecule has 1 amide bonds. The summed E-state index contributed by atoms with van der Waals surface area (Å²) in [5.74, 6) is 2.14. The Kier molecular flexibility index (Phi) is 7.06. The van der Waals surface area contributed by atoms with E-state index in [2.05, 4.69) is 54.9 Å². The quantitative estimate of drug-likeness (QED) is 0.770. The Morgan fingerprint density at radius 1 is 1.21 bits per heavy atom. The first-order valence-corrected chi connectivity index (χ1v) is 10.9. The summed E-state index contributed by atoms with van der Waals surface area (Å²) in [6.45, 7) is 13.9. The molecule has 3 heterocycles. The highest BCUT2D eigenvalue weighted by molar-refractivity contribution is 5.95. The molecule has 1 aliphatic heterocycles. The van der Waals surface area contributed by atoms with Crippen LogP contribution in [0, 0.1) is 11.8 Å². The molecule has 1 fully saturated rings. The highest BCUT2D eigenvalue weighted by Crippen LogP contribution is 2.23. The Morgan fingerprint density at radius 2 is 1.93 bits per heavy atom. The predicted molar refractivity (Wildman–Crippen MR) is 116 cm³/mol. The van der Waals surface area contributed by atoms with Crippen molar-refractivity contribution in [1.82, 2.24) is 25.0 Å². The summed E-state index contributed by atoms with van der Waals surface area (Å²) < 4.78 is 1.78. The molecule has 29 heavy (non-hydrogen) atoms. The number of carbonyl (C=O) groups is 1. The number of likely N-dealkylation sites (tertiary alicyclic amines) is 1. The third kappa shape index (κ3) is 5.04. The number of hydrogen-bond donors (Lipinski definition) is 1. The standard InChI is InChI=1S/C23H35N5O/c1-16(2)20(27-12-9-18(5)10-13-27)15-25-23(29)19-14-26-28(22(19)17(3)4)21-8-6-7-11-24-21/h6-8,11,14,16-18,20H,9-10,12-13,15H2,1-5H3,(H,25,29)/t20-/m0/s1. The topological polar surface area (TPSA) is 63.1 Å². The van der Waals surface area contributed by atoms with Gasteiger partial charge in [0, 0.05) is 18.8 Å². The second-order valence-corrected chi connectivity index (χ2v) is 8.94. The maximum atomic E-state index is 13.1. The van der Waals surface area contributed by atoms with Crippen molar-refractivity contribution in [3.05, 3.63) is 41.9 Å². The summed E-state index contributed by atoms with van der Waals surface area (Å²) in [5.41, 5.74) is 1.54. The number of rotatable bonds is 7. The molecular formula is C23H35N5O. The molecule has 6 nitrogen and oxygen atoms in total. The van der Waals surface area contributed by atoms with E-state index in [4.69, 9.17) is 0 Å². The van der Waals surface area contributed by atoms with Crippen LogP contribution in [0.5, 0.6) is 0 Å². The van der Waals surface area contributed by atoms with Crippen molar-refractivity contribution in [3.63, 3.8) is 0 Å². The molecule has 158 valence electrons. The molecule has 0 saturated carbocycles. The van der Waals surface area contributed by atoms with Gasteiger partial charge in [-0.15, -0.1) is 0 Å². The van der Waals surface area contributed by atoms with Gasteiger partial charge in [-0.2, -0.15) is 5.10 Å². The Hall–Kier alpha value is -2.21. The predicted octanol–water partition coefficient (Wildman–Crippen LogP) is 3.88. The number of nitrogens with zero attached hydrogens (tertiary/aromatic N) is 4. The van der Waals surface area contributed by atoms with Crippen LogP contribution in [-0.2, 0) is 0 Å². The summed E-state index contributed by atoms with van der Waals surface area (Å²) in [7, 11) is 0. The van der Waals surface area contributed by atoms with E-state index in [1.807, 2.05) is 18.2 Å². The zero-order valence-electron chi connectivity index (χ0n) is 18.4. The third-order valence-corrected chi connectivity index (χ3v) is 5.99. The van der Waals surface area contributed by atoms with E-state index in [-0.39, 0.29) is 11.8 Å². The molecule has 2 aromatic heterocycles. The van der Waals surface area contributed by atoms with Gasteiger partial charge in [-0.25, -0.2) is 9.67 Å². The molecule has 1 aliphatic rings. The maximum Gasteiger partial charge on any atom is 0.254 e. The van der Waals surface area contributed by atoms with E-state index >= 15 is 0 Å². The lowest BCUT2D eigenvalue weighted by Gasteiger charge is -2.38. The van der Waals surface area contributed by atoms with Crippen molar-refractivity contribution in [3.8, 4) is 5.82 Å². The van der Waals surface area contributed by atoms with E-state index < -0.39 is 0 Å². The lowest BCUT2D eigenvalue weighted by molar-refractivity contribution is 0.0862. The van der Waals surface area contributed by atoms with Crippen LogP contribution in [0.4, 0.5) is 0 Å². The molecule has 6 heteroatoms. The van der Waals surface area contributed by atoms with Gasteiger partial charge < -0.3 is 5.32 Å². The van der Waals surface area contributed by atoms with E-state index in [0.717, 1.165) is 30.5 Å². The number of nitrogens with one attached hydrogen (secondary N) is 1. The van der Waals surface area contributed by atoms with Crippen molar-refractivity contribution in [2.75, 3.05) is 19.6 Å². The monoisotopic (exact) mass is 397 g/mol. The summed E-state index contributed by atoms with van der Waals surface area (Å²) in [6, 6.07) is 6.08. The average Bonchev–Trinajstić information content (AvgIpc) is 3.15. The van der Waals surface area contributed by atoms with E-state index in [1.54, 1.807) is 17.1 Å². The van der Waals surface area contributed by atoms with Crippen LogP contribution < -0.4 is 5.32 Å². The van der Waals surface area contributed by atoms with Gasteiger partial charge in [0.15, 0.2) is 5.82 Å². The number of pyridine rings is 1. The van der Waals surface area contributed by atoms with Crippen LogP contribution in [0.25, 0.3) is 5.82 Å². The van der Waals surface area contributed by atoms with Gasteiger partial charge in [0.2, 0.25) is 0 Å². The van der Waals surface area contributed by atoms with Gasteiger partial charge in [0.1, 0.15) is 0 Å². The van der Waals surface area contributed by atoms with Gasteiger partial charge in [-0.3, -0.25) is 9.69 Å². The molecule has 2 aromatic rings. The summed E-state index contributed by atoms with van der Waals surface area (Å²) >= 11 is 0. The zero-order chi connectivity index (χ0) is 21.0. The third-order valence-electron chi connectivity index (χ3n) is 5.99. The van der Waals surface area contributed by atoms with Crippen molar-refractivity contribution in [2.45, 2.75) is 59.4 Å². The average molecular weight is 398 g/mol. The van der Waals surface area contributed by atoms with E-state index in [1.165, 1.54) is 12.8 Å². The lowest BCUT2D eigenvalue weighted by atomic mass is 9.94. The molecule has 3 rings (SSSR count). The Balaban J connectivity index is 1.74. The largest absolute Gasteiger partial charge is 0.350 e. The first-order chi connectivity index (χ1) is 13.9. The fourth-order valence-corrected chi connectivity index (χ4v) is 4.19. The van der Waals surface area contributed by atoms with E-state index in [9.17, 15) is 4.79 Å². The molecule has 1 atom stereocenters. The molecule has 0 bridgehead atoms. The van der Waals surface area contributed by atoms with Crippen molar-refractivity contribution in [2.24, 2.45) is 11.8 Å². The van der Waals surface area contributed by atoms with Gasteiger partial charge >= 0.3 is 0 Å². The van der Waals surface area contributed by atoms with Crippen LogP contribution in [0.3, 0.4) is 0 Å². The molecule has 0 aliphatic carbocycles. The number of hydrogen-bond acceptors (Lipinski definition) is 4. The van der Waals surface area contributed by atoms with Crippen LogP contribution in [-0.4, -0.2) is 51.2 Å². The number of carbonyl (C=O) groups excluding carboxylic acids is 1.